The van der Waals surface area contributed by atoms with Gasteiger partial charge < -0.3 is 15.1 Å². The van der Waals surface area contributed by atoms with Crippen LogP contribution in [-0.2, 0) is 16.1 Å². The molecule has 1 aromatic carbocycles. The van der Waals surface area contributed by atoms with Crippen LogP contribution in [0.1, 0.15) is 28.8 Å². The molecule has 1 aromatic rings. The van der Waals surface area contributed by atoms with Gasteiger partial charge in [-0.25, -0.2) is 0 Å². The highest BCUT2D eigenvalue weighted by Crippen LogP contribution is 2.30. The summed E-state index contributed by atoms with van der Waals surface area (Å²) in [4.78, 5) is 40.0. The van der Waals surface area contributed by atoms with E-state index in [0.29, 0.717) is 31.6 Å². The van der Waals surface area contributed by atoms with Crippen molar-refractivity contribution in [1.29, 1.82) is 0 Å². The van der Waals surface area contributed by atoms with Crippen LogP contribution in [0.3, 0.4) is 0 Å². The van der Waals surface area contributed by atoms with Crippen molar-refractivity contribution in [3.8, 4) is 0 Å². The van der Waals surface area contributed by atoms with Gasteiger partial charge in [-0.2, -0.15) is 0 Å². The summed E-state index contributed by atoms with van der Waals surface area (Å²) in [7, 11) is 0. The molecule has 3 aliphatic rings. The van der Waals surface area contributed by atoms with Gasteiger partial charge in [0.15, 0.2) is 0 Å². The minimum absolute atomic E-state index is 0.148. The average Bonchev–Trinajstić information content (AvgIpc) is 2.92. The summed E-state index contributed by atoms with van der Waals surface area (Å²) in [6.07, 6.45) is 0.641. The van der Waals surface area contributed by atoms with Gasteiger partial charge >= 0.3 is 0 Å². The van der Waals surface area contributed by atoms with Gasteiger partial charge in [-0.1, -0.05) is 6.07 Å². The maximum atomic E-state index is 12.8. The monoisotopic (exact) mass is 329 g/mol. The molecule has 2 saturated heterocycles. The highest BCUT2D eigenvalue weighted by Gasteiger charge is 2.39. The topological polar surface area (TPSA) is 81.8 Å². The predicted octanol–water partition coefficient (Wildman–Crippen LogP) is -0.143. The van der Waals surface area contributed by atoms with E-state index in [4.69, 9.17) is 1.41 Å². The van der Waals surface area contributed by atoms with Crippen LogP contribution < -0.4 is 15.5 Å². The molecule has 3 amide bonds. The second-order valence-corrected chi connectivity index (χ2v) is 6.40. The van der Waals surface area contributed by atoms with Crippen molar-refractivity contribution in [3.05, 3.63) is 29.3 Å². The van der Waals surface area contributed by atoms with E-state index >= 15 is 0 Å². The summed E-state index contributed by atoms with van der Waals surface area (Å²) in [5, 5.41) is 3.86. The van der Waals surface area contributed by atoms with Crippen molar-refractivity contribution in [2.45, 2.75) is 25.4 Å². The van der Waals surface area contributed by atoms with Gasteiger partial charge in [0.1, 0.15) is 7.45 Å². The Morgan fingerprint density at radius 3 is 2.71 bits per heavy atom. The third-order valence-electron chi connectivity index (χ3n) is 4.93. The summed E-state index contributed by atoms with van der Waals surface area (Å²) in [5.41, 5.74) is 2.53. The molecule has 0 spiro atoms. The standard InChI is InChI=1S/C17H20N4O3/c22-15-4-3-14(16(23)19-15)21-10-11-1-2-12(9-13(11)17(21)24)20-7-5-18-6-8-20/h1-2,9,14,18H,3-8,10H2,(H,19,22,23)/i/hD. The number of piperazine rings is 1. The van der Waals surface area contributed by atoms with Gasteiger partial charge in [0.25, 0.3) is 5.91 Å². The van der Waals surface area contributed by atoms with E-state index in [-0.39, 0.29) is 24.1 Å². The van der Waals surface area contributed by atoms with Gasteiger partial charge in [-0.15, -0.1) is 0 Å². The van der Waals surface area contributed by atoms with E-state index < -0.39 is 6.04 Å². The lowest BCUT2D eigenvalue weighted by Gasteiger charge is -2.30. The number of nitrogens with one attached hydrogen (secondary N) is 2. The van der Waals surface area contributed by atoms with E-state index in [9.17, 15) is 14.4 Å². The SMILES string of the molecule is [2H]N1CCN(c2ccc3c(c2)C(=O)N(C2CCC(=O)NC2=O)C3)CC1. The highest BCUT2D eigenvalue weighted by molar-refractivity contribution is 6.05. The Bertz CT molecular complexity index is 745. The fourth-order valence-electron chi connectivity index (χ4n) is 3.60. The largest absolute Gasteiger partial charge is 0.369 e. The predicted molar refractivity (Wildman–Crippen MR) is 87.6 cm³/mol. The molecule has 4 rings (SSSR count). The zero-order chi connectivity index (χ0) is 17.6. The molecule has 7 heteroatoms. The fraction of sp³-hybridized carbons (Fsp3) is 0.471. The second-order valence-electron chi connectivity index (χ2n) is 6.40. The van der Waals surface area contributed by atoms with Gasteiger partial charge in [0.2, 0.25) is 11.8 Å². The quantitative estimate of drug-likeness (QED) is 0.738. The second kappa shape index (κ2) is 5.90. The van der Waals surface area contributed by atoms with Crippen LogP contribution in [0.2, 0.25) is 1.41 Å². The number of fused-ring (bicyclic) bond motifs is 1. The van der Waals surface area contributed by atoms with E-state index in [1.54, 1.807) is 10.2 Å². The number of hydrogen-bond acceptors (Lipinski definition) is 5. The number of rotatable bonds is 2. The summed E-state index contributed by atoms with van der Waals surface area (Å²) < 4.78 is 7.64. The number of carbonyl (C=O) groups is 3. The molecule has 0 aliphatic carbocycles. The summed E-state index contributed by atoms with van der Waals surface area (Å²) in [5.74, 6) is -0.809. The maximum absolute atomic E-state index is 12.8. The lowest BCUT2D eigenvalue weighted by molar-refractivity contribution is -0.136. The van der Waals surface area contributed by atoms with E-state index in [1.807, 2.05) is 18.2 Å². The zero-order valence-electron chi connectivity index (χ0n) is 14.3. The summed E-state index contributed by atoms with van der Waals surface area (Å²) >= 11 is 0. The van der Waals surface area contributed by atoms with E-state index in [1.165, 1.54) is 0 Å². The Kier molecular flexibility index (Phi) is 3.44. The molecule has 0 aromatic heterocycles. The van der Waals surface area contributed by atoms with Gasteiger partial charge in [0.05, 0.1) is 0 Å². The van der Waals surface area contributed by atoms with Crippen molar-refractivity contribution in [3.63, 3.8) is 0 Å². The van der Waals surface area contributed by atoms with Crippen LogP contribution in [0.15, 0.2) is 18.2 Å². The van der Waals surface area contributed by atoms with Crippen LogP contribution in [0.5, 0.6) is 0 Å². The first-order chi connectivity index (χ1) is 12.0. The van der Waals surface area contributed by atoms with Crippen molar-refractivity contribution < 1.29 is 15.8 Å². The van der Waals surface area contributed by atoms with Crippen LogP contribution in [0.25, 0.3) is 0 Å². The van der Waals surface area contributed by atoms with Crippen LogP contribution >= 0.6 is 0 Å². The third kappa shape index (κ3) is 2.54. The molecular formula is C17H20N4O3. The average molecular weight is 329 g/mol. The molecule has 1 atom stereocenters. The summed E-state index contributed by atoms with van der Waals surface area (Å²) in [6.45, 7) is 3.27. The van der Waals surface area contributed by atoms with Crippen molar-refractivity contribution in [1.82, 2.24) is 15.5 Å². The van der Waals surface area contributed by atoms with Crippen molar-refractivity contribution in [2.24, 2.45) is 0 Å². The van der Waals surface area contributed by atoms with Gasteiger partial charge in [-0.05, 0) is 24.1 Å². The van der Waals surface area contributed by atoms with Crippen LogP contribution in [0.4, 0.5) is 5.69 Å². The van der Waals surface area contributed by atoms with Crippen molar-refractivity contribution >= 4 is 23.4 Å². The Morgan fingerprint density at radius 2 is 1.96 bits per heavy atom. The lowest BCUT2D eigenvalue weighted by Crippen LogP contribution is -2.52. The maximum Gasteiger partial charge on any atom is 0.255 e. The third-order valence-corrected chi connectivity index (χ3v) is 4.93. The number of amides is 3. The molecule has 0 saturated carbocycles. The minimum Gasteiger partial charge on any atom is -0.369 e. The Balaban J connectivity index is 1.54. The molecule has 2 fully saturated rings. The number of hydrogen-bond donors (Lipinski definition) is 2. The Labute approximate surface area is 141 Å². The number of carbonyl (C=O) groups excluding carboxylic acids is 3. The van der Waals surface area contributed by atoms with Gasteiger partial charge in [-0.3, -0.25) is 19.7 Å². The first-order valence-electron chi connectivity index (χ1n) is 8.74. The number of imide groups is 1. The smallest absolute Gasteiger partial charge is 0.255 e. The highest BCUT2D eigenvalue weighted by atomic mass is 16.2. The molecule has 0 bridgehead atoms. The number of benzene rings is 1. The molecule has 7 nitrogen and oxygen atoms in total. The molecule has 2 N–H and O–H groups in total. The Morgan fingerprint density at radius 1 is 1.17 bits per heavy atom. The Hall–Kier alpha value is -2.41. The first-order valence-corrected chi connectivity index (χ1v) is 8.29. The van der Waals surface area contributed by atoms with Gasteiger partial charge in [0, 0.05) is 50.4 Å². The normalized spacial score (nSPS) is 25.6. The lowest BCUT2D eigenvalue weighted by atomic mass is 10.0. The molecule has 1 unspecified atom stereocenters. The number of anilines is 1. The van der Waals surface area contributed by atoms with E-state index in [2.05, 4.69) is 10.2 Å². The summed E-state index contributed by atoms with van der Waals surface area (Å²) in [6, 6.07) is 5.26. The molecule has 0 radical (unpaired) electrons. The van der Waals surface area contributed by atoms with Crippen molar-refractivity contribution in [2.75, 3.05) is 31.1 Å². The zero-order valence-corrected chi connectivity index (χ0v) is 13.3. The molecule has 3 heterocycles. The molecule has 24 heavy (non-hydrogen) atoms. The van der Waals surface area contributed by atoms with Crippen LogP contribution in [0, 0.1) is 0 Å². The molecule has 126 valence electrons. The number of piperidine rings is 1. The van der Waals surface area contributed by atoms with Crippen LogP contribution in [-0.4, -0.2) is 54.8 Å². The van der Waals surface area contributed by atoms with E-state index in [0.717, 1.165) is 24.3 Å². The fourth-order valence-corrected chi connectivity index (χ4v) is 3.60. The number of nitrogens with zero attached hydrogens (tertiary/aromatic N) is 2. The molecular weight excluding hydrogens is 308 g/mol. The minimum atomic E-state index is -0.576. The first kappa shape index (κ1) is 14.0. The molecule has 3 aliphatic heterocycles.